The lowest BCUT2D eigenvalue weighted by Crippen LogP contribution is -2.38. The molecule has 2 heterocycles. The molecule has 1 atom stereocenters. The van der Waals surface area contributed by atoms with Gasteiger partial charge in [0.2, 0.25) is 11.8 Å². The second kappa shape index (κ2) is 8.94. The van der Waals surface area contributed by atoms with Gasteiger partial charge in [0.15, 0.2) is 0 Å². The monoisotopic (exact) mass is 397 g/mol. The number of hydrogen-bond acceptors (Lipinski definition) is 3. The maximum Gasteiger partial charge on any atom is 0.416 e. The molecule has 3 rings (SSSR count). The minimum atomic E-state index is -4.47. The van der Waals surface area contributed by atoms with E-state index < -0.39 is 17.7 Å². The number of hydrogen-bond donors (Lipinski definition) is 1. The van der Waals surface area contributed by atoms with Crippen molar-refractivity contribution in [1.82, 2.24) is 10.2 Å². The second-order valence-corrected chi connectivity index (χ2v) is 7.50. The fourth-order valence-electron chi connectivity index (χ4n) is 3.82. The van der Waals surface area contributed by atoms with Gasteiger partial charge in [-0.3, -0.25) is 9.59 Å². The topological polar surface area (TPSA) is 52.7 Å². The summed E-state index contributed by atoms with van der Waals surface area (Å²) in [5.74, 6) is -1.07. The normalized spacial score (nSPS) is 21.6. The van der Waals surface area contributed by atoms with Gasteiger partial charge in [-0.2, -0.15) is 13.2 Å². The first-order chi connectivity index (χ1) is 13.3. The molecule has 154 valence electrons. The van der Waals surface area contributed by atoms with E-state index in [1.165, 1.54) is 42.7 Å². The molecule has 0 radical (unpaired) electrons. The number of rotatable bonds is 5. The van der Waals surface area contributed by atoms with E-state index >= 15 is 0 Å². The van der Waals surface area contributed by atoms with Gasteiger partial charge in [-0.05, 0) is 44.1 Å². The minimum Gasteiger partial charge on any atom is -0.355 e. The summed E-state index contributed by atoms with van der Waals surface area (Å²) in [5, 5.41) is 2.88. The molecule has 2 saturated heterocycles. The van der Waals surface area contributed by atoms with Crippen LogP contribution in [0.5, 0.6) is 0 Å². The maximum atomic E-state index is 12.9. The van der Waals surface area contributed by atoms with Gasteiger partial charge in [0.05, 0.1) is 11.5 Å². The highest BCUT2D eigenvalue weighted by molar-refractivity contribution is 6.00. The van der Waals surface area contributed by atoms with Gasteiger partial charge >= 0.3 is 6.18 Å². The highest BCUT2D eigenvalue weighted by Gasteiger charge is 2.36. The van der Waals surface area contributed by atoms with Crippen molar-refractivity contribution >= 4 is 17.5 Å². The Hall–Kier alpha value is -2.09. The SMILES string of the molecule is O=C(NCCN1CCCCCC1)C1CC(=O)N(c2cccc(C(F)(F)F)c2)C1. The number of alkyl halides is 3. The van der Waals surface area contributed by atoms with E-state index in [4.69, 9.17) is 0 Å². The molecule has 28 heavy (non-hydrogen) atoms. The Kier molecular flexibility index (Phi) is 6.59. The standard InChI is InChI=1S/C20H26F3N3O2/c21-20(22,23)16-6-5-7-17(13-16)26-14-15(12-18(26)27)19(28)24-8-11-25-9-3-1-2-4-10-25/h5-7,13,15H,1-4,8-12,14H2,(H,24,28). The van der Waals surface area contributed by atoms with E-state index in [-0.39, 0.29) is 30.5 Å². The lowest BCUT2D eigenvalue weighted by atomic mass is 10.1. The van der Waals surface area contributed by atoms with Crippen LogP contribution < -0.4 is 10.2 Å². The molecular weight excluding hydrogens is 371 g/mol. The molecule has 0 bridgehead atoms. The van der Waals surface area contributed by atoms with Gasteiger partial charge in [-0.1, -0.05) is 18.9 Å². The average Bonchev–Trinajstić information content (AvgIpc) is 2.87. The summed E-state index contributed by atoms with van der Waals surface area (Å²) in [6, 6.07) is 4.67. The first-order valence-corrected chi connectivity index (χ1v) is 9.82. The molecule has 1 unspecified atom stereocenters. The summed E-state index contributed by atoms with van der Waals surface area (Å²) in [7, 11) is 0. The zero-order valence-electron chi connectivity index (χ0n) is 15.8. The third kappa shape index (κ3) is 5.25. The molecule has 1 aromatic rings. The second-order valence-electron chi connectivity index (χ2n) is 7.50. The van der Waals surface area contributed by atoms with Crippen LogP contribution >= 0.6 is 0 Å². The van der Waals surface area contributed by atoms with Gasteiger partial charge in [0, 0.05) is 31.7 Å². The van der Waals surface area contributed by atoms with E-state index in [1.807, 2.05) is 0 Å². The number of amides is 2. The van der Waals surface area contributed by atoms with Crippen molar-refractivity contribution in [1.29, 1.82) is 0 Å². The minimum absolute atomic E-state index is 0.0196. The van der Waals surface area contributed by atoms with Crippen molar-refractivity contribution in [2.45, 2.75) is 38.3 Å². The fraction of sp³-hybridized carbons (Fsp3) is 0.600. The van der Waals surface area contributed by atoms with Crippen LogP contribution in [0.15, 0.2) is 24.3 Å². The number of nitrogens with one attached hydrogen (secondary N) is 1. The van der Waals surface area contributed by atoms with Gasteiger partial charge in [0.25, 0.3) is 0 Å². The summed E-state index contributed by atoms with van der Waals surface area (Å²) in [6.07, 6.45) is 0.402. The Bertz CT molecular complexity index is 700. The molecule has 0 saturated carbocycles. The van der Waals surface area contributed by atoms with E-state index in [0.29, 0.717) is 6.54 Å². The van der Waals surface area contributed by atoms with Crippen LogP contribution in [0.2, 0.25) is 0 Å². The molecule has 1 aromatic carbocycles. The smallest absolute Gasteiger partial charge is 0.355 e. The quantitative estimate of drug-likeness (QED) is 0.831. The Morgan fingerprint density at radius 3 is 2.54 bits per heavy atom. The molecule has 2 fully saturated rings. The van der Waals surface area contributed by atoms with Crippen molar-refractivity contribution in [2.24, 2.45) is 5.92 Å². The van der Waals surface area contributed by atoms with Crippen LogP contribution in [-0.4, -0.2) is 49.4 Å². The Morgan fingerprint density at radius 2 is 1.86 bits per heavy atom. The summed E-state index contributed by atoms with van der Waals surface area (Å²) >= 11 is 0. The summed E-state index contributed by atoms with van der Waals surface area (Å²) in [6.45, 7) is 3.49. The van der Waals surface area contributed by atoms with Gasteiger partial charge in [-0.25, -0.2) is 0 Å². The largest absolute Gasteiger partial charge is 0.416 e. The first kappa shape index (κ1) is 20.6. The summed E-state index contributed by atoms with van der Waals surface area (Å²) in [4.78, 5) is 28.3. The number of likely N-dealkylation sites (tertiary alicyclic amines) is 1. The first-order valence-electron chi connectivity index (χ1n) is 9.82. The number of carbonyl (C=O) groups is 2. The number of benzene rings is 1. The summed E-state index contributed by atoms with van der Waals surface area (Å²) in [5.41, 5.74) is -0.622. The van der Waals surface area contributed by atoms with Crippen LogP contribution in [0.1, 0.15) is 37.7 Å². The van der Waals surface area contributed by atoms with Crippen LogP contribution in [0.25, 0.3) is 0 Å². The molecule has 2 amide bonds. The third-order valence-corrected chi connectivity index (χ3v) is 5.41. The molecule has 0 aliphatic carbocycles. The average molecular weight is 397 g/mol. The highest BCUT2D eigenvalue weighted by Crippen LogP contribution is 2.33. The molecule has 5 nitrogen and oxygen atoms in total. The molecule has 8 heteroatoms. The molecule has 0 aromatic heterocycles. The molecule has 1 N–H and O–H groups in total. The lowest BCUT2D eigenvalue weighted by Gasteiger charge is -2.20. The van der Waals surface area contributed by atoms with Gasteiger partial charge in [0.1, 0.15) is 0 Å². The van der Waals surface area contributed by atoms with Crippen LogP contribution in [-0.2, 0) is 15.8 Å². The van der Waals surface area contributed by atoms with Crippen molar-refractivity contribution in [3.63, 3.8) is 0 Å². The van der Waals surface area contributed by atoms with Gasteiger partial charge in [-0.15, -0.1) is 0 Å². The summed E-state index contributed by atoms with van der Waals surface area (Å²) < 4.78 is 38.7. The van der Waals surface area contributed by atoms with E-state index in [1.54, 1.807) is 0 Å². The van der Waals surface area contributed by atoms with Crippen LogP contribution in [0.4, 0.5) is 18.9 Å². The zero-order valence-corrected chi connectivity index (χ0v) is 15.8. The van der Waals surface area contributed by atoms with Crippen molar-refractivity contribution < 1.29 is 22.8 Å². The number of carbonyl (C=O) groups excluding carboxylic acids is 2. The molecule has 2 aliphatic heterocycles. The fourth-order valence-corrected chi connectivity index (χ4v) is 3.82. The van der Waals surface area contributed by atoms with Crippen LogP contribution in [0.3, 0.4) is 0 Å². The number of anilines is 1. The van der Waals surface area contributed by atoms with Crippen molar-refractivity contribution in [2.75, 3.05) is 37.6 Å². The van der Waals surface area contributed by atoms with E-state index in [0.717, 1.165) is 31.8 Å². The van der Waals surface area contributed by atoms with Crippen molar-refractivity contribution in [3.8, 4) is 0 Å². The van der Waals surface area contributed by atoms with Crippen molar-refractivity contribution in [3.05, 3.63) is 29.8 Å². The zero-order chi connectivity index (χ0) is 20.1. The number of halogens is 3. The molecule has 2 aliphatic rings. The Morgan fingerprint density at radius 1 is 1.14 bits per heavy atom. The Labute approximate surface area is 162 Å². The third-order valence-electron chi connectivity index (χ3n) is 5.41. The molecular formula is C20H26F3N3O2. The molecule has 0 spiro atoms. The van der Waals surface area contributed by atoms with E-state index in [9.17, 15) is 22.8 Å². The number of nitrogens with zero attached hydrogens (tertiary/aromatic N) is 2. The lowest BCUT2D eigenvalue weighted by molar-refractivity contribution is -0.137. The Balaban J connectivity index is 1.53. The van der Waals surface area contributed by atoms with E-state index in [2.05, 4.69) is 10.2 Å². The maximum absolute atomic E-state index is 12.9. The predicted octanol–water partition coefficient (Wildman–Crippen LogP) is 3.05. The van der Waals surface area contributed by atoms with Gasteiger partial charge < -0.3 is 15.1 Å². The highest BCUT2D eigenvalue weighted by atomic mass is 19.4. The predicted molar refractivity (Wildman–Crippen MR) is 99.8 cm³/mol. The van der Waals surface area contributed by atoms with Crippen LogP contribution in [0, 0.1) is 5.92 Å².